The van der Waals surface area contributed by atoms with Crippen LogP contribution in [0.5, 0.6) is 5.75 Å². The maximum atomic E-state index is 14.0. The highest BCUT2D eigenvalue weighted by atomic mass is 32.1. The molecule has 7 heteroatoms. The highest BCUT2D eigenvalue weighted by Gasteiger charge is 2.22. The van der Waals surface area contributed by atoms with Gasteiger partial charge in [0.15, 0.2) is 16.5 Å². The smallest absolute Gasteiger partial charge is 0.194 e. The SMILES string of the molecule is COc1ccc(CN2CCN(Cc3c(-c4ccccc4)nc4sccn34)CC2)cc1F. The second-order valence-electron chi connectivity index (χ2n) is 7.85. The number of imidazole rings is 1. The van der Waals surface area contributed by atoms with Crippen LogP contribution < -0.4 is 4.74 Å². The first-order valence-corrected chi connectivity index (χ1v) is 11.4. The fourth-order valence-corrected chi connectivity index (χ4v) is 4.93. The van der Waals surface area contributed by atoms with E-state index in [1.807, 2.05) is 12.1 Å². The average molecular weight is 437 g/mol. The van der Waals surface area contributed by atoms with E-state index in [9.17, 15) is 4.39 Å². The predicted octanol–water partition coefficient (Wildman–Crippen LogP) is 4.53. The van der Waals surface area contributed by atoms with E-state index in [4.69, 9.17) is 9.72 Å². The van der Waals surface area contributed by atoms with Gasteiger partial charge in [-0.25, -0.2) is 9.37 Å². The Morgan fingerprint density at radius 1 is 1.00 bits per heavy atom. The number of aromatic nitrogens is 2. The molecule has 0 spiro atoms. The van der Waals surface area contributed by atoms with Gasteiger partial charge >= 0.3 is 0 Å². The summed E-state index contributed by atoms with van der Waals surface area (Å²) in [5, 5.41) is 2.09. The number of piperazine rings is 1. The largest absolute Gasteiger partial charge is 0.494 e. The van der Waals surface area contributed by atoms with Gasteiger partial charge in [0.2, 0.25) is 0 Å². The fourth-order valence-electron chi connectivity index (χ4n) is 4.19. The molecule has 0 N–H and O–H groups in total. The number of methoxy groups -OCH3 is 1. The number of thiazole rings is 1. The van der Waals surface area contributed by atoms with E-state index < -0.39 is 0 Å². The molecule has 4 aromatic rings. The summed E-state index contributed by atoms with van der Waals surface area (Å²) in [6, 6.07) is 15.6. The van der Waals surface area contributed by atoms with Crippen molar-refractivity contribution in [1.82, 2.24) is 19.2 Å². The lowest BCUT2D eigenvalue weighted by molar-refractivity contribution is 0.121. The quantitative estimate of drug-likeness (QED) is 0.445. The van der Waals surface area contributed by atoms with E-state index in [2.05, 4.69) is 50.0 Å². The van der Waals surface area contributed by atoms with Gasteiger partial charge in [-0.3, -0.25) is 14.2 Å². The molecular formula is C24H25FN4OS. The highest BCUT2D eigenvalue weighted by Crippen LogP contribution is 2.28. The summed E-state index contributed by atoms with van der Waals surface area (Å²) in [7, 11) is 1.49. The molecule has 0 bridgehead atoms. The van der Waals surface area contributed by atoms with Crippen molar-refractivity contribution in [3.8, 4) is 17.0 Å². The van der Waals surface area contributed by atoms with Gasteiger partial charge in [0.25, 0.3) is 0 Å². The Bertz CT molecular complexity index is 1170. The first-order chi connectivity index (χ1) is 15.2. The number of nitrogens with zero attached hydrogens (tertiary/aromatic N) is 4. The molecule has 31 heavy (non-hydrogen) atoms. The number of rotatable bonds is 6. The van der Waals surface area contributed by atoms with E-state index in [0.29, 0.717) is 5.75 Å². The lowest BCUT2D eigenvalue weighted by Crippen LogP contribution is -2.45. The zero-order chi connectivity index (χ0) is 21.2. The molecule has 0 radical (unpaired) electrons. The minimum atomic E-state index is -0.299. The molecule has 5 nitrogen and oxygen atoms in total. The summed E-state index contributed by atoms with van der Waals surface area (Å²) >= 11 is 1.67. The lowest BCUT2D eigenvalue weighted by Gasteiger charge is -2.34. The fraction of sp³-hybridized carbons (Fsp3) is 0.292. The van der Waals surface area contributed by atoms with E-state index in [1.165, 1.54) is 12.8 Å². The third kappa shape index (κ3) is 4.21. The van der Waals surface area contributed by atoms with Crippen LogP contribution in [-0.4, -0.2) is 52.5 Å². The summed E-state index contributed by atoms with van der Waals surface area (Å²) in [4.78, 5) is 10.8. The van der Waals surface area contributed by atoms with Gasteiger partial charge in [0.1, 0.15) is 0 Å². The number of halogens is 1. The molecule has 1 saturated heterocycles. The summed E-state index contributed by atoms with van der Waals surface area (Å²) in [6.45, 7) is 5.49. The van der Waals surface area contributed by atoms with Gasteiger partial charge in [-0.1, -0.05) is 36.4 Å². The third-order valence-corrected chi connectivity index (χ3v) is 6.63. The number of benzene rings is 2. The molecule has 2 aromatic carbocycles. The zero-order valence-corrected chi connectivity index (χ0v) is 18.3. The Balaban J connectivity index is 1.26. The molecule has 0 atom stereocenters. The van der Waals surface area contributed by atoms with E-state index >= 15 is 0 Å². The van der Waals surface area contributed by atoms with Crippen LogP contribution in [0.25, 0.3) is 16.2 Å². The Morgan fingerprint density at radius 2 is 1.74 bits per heavy atom. The second kappa shape index (κ2) is 8.78. The average Bonchev–Trinajstić information content (AvgIpc) is 3.38. The van der Waals surface area contributed by atoms with E-state index in [1.54, 1.807) is 23.5 Å². The molecular weight excluding hydrogens is 411 g/mol. The Morgan fingerprint density at radius 3 is 2.45 bits per heavy atom. The van der Waals surface area contributed by atoms with Crippen molar-refractivity contribution in [2.24, 2.45) is 0 Å². The van der Waals surface area contributed by atoms with E-state index in [-0.39, 0.29) is 5.82 Å². The monoisotopic (exact) mass is 436 g/mol. The molecule has 0 aliphatic carbocycles. The summed E-state index contributed by atoms with van der Waals surface area (Å²) < 4.78 is 21.2. The van der Waals surface area contributed by atoms with Crippen molar-refractivity contribution in [2.75, 3.05) is 33.3 Å². The van der Waals surface area contributed by atoms with Crippen LogP contribution in [-0.2, 0) is 13.1 Å². The molecule has 0 unspecified atom stereocenters. The van der Waals surface area contributed by atoms with Crippen LogP contribution in [0.15, 0.2) is 60.1 Å². The molecule has 2 aromatic heterocycles. The first kappa shape index (κ1) is 20.2. The molecule has 160 valence electrons. The second-order valence-corrected chi connectivity index (χ2v) is 8.72. The predicted molar refractivity (Wildman–Crippen MR) is 122 cm³/mol. The van der Waals surface area contributed by atoms with Crippen LogP contribution in [0.4, 0.5) is 4.39 Å². The molecule has 1 aliphatic rings. The van der Waals surface area contributed by atoms with Crippen LogP contribution in [0.1, 0.15) is 11.3 Å². The molecule has 1 aliphatic heterocycles. The topological polar surface area (TPSA) is 33.0 Å². The minimum Gasteiger partial charge on any atom is -0.494 e. The minimum absolute atomic E-state index is 0.295. The van der Waals surface area contributed by atoms with Crippen molar-refractivity contribution in [3.63, 3.8) is 0 Å². The Labute approximate surface area is 185 Å². The third-order valence-electron chi connectivity index (χ3n) is 5.87. The maximum Gasteiger partial charge on any atom is 0.194 e. The first-order valence-electron chi connectivity index (χ1n) is 10.5. The molecule has 0 saturated carbocycles. The van der Waals surface area contributed by atoms with Crippen molar-refractivity contribution < 1.29 is 9.13 Å². The van der Waals surface area contributed by atoms with Gasteiger partial charge in [0, 0.05) is 56.4 Å². The Kier molecular flexibility index (Phi) is 5.72. The van der Waals surface area contributed by atoms with Gasteiger partial charge in [-0.2, -0.15) is 0 Å². The van der Waals surface area contributed by atoms with Crippen LogP contribution >= 0.6 is 11.3 Å². The lowest BCUT2D eigenvalue weighted by atomic mass is 10.1. The van der Waals surface area contributed by atoms with Gasteiger partial charge < -0.3 is 4.74 Å². The van der Waals surface area contributed by atoms with Crippen LogP contribution in [0.2, 0.25) is 0 Å². The molecule has 5 rings (SSSR count). The molecule has 1 fully saturated rings. The van der Waals surface area contributed by atoms with Gasteiger partial charge in [0.05, 0.1) is 18.5 Å². The van der Waals surface area contributed by atoms with Crippen LogP contribution in [0.3, 0.4) is 0 Å². The van der Waals surface area contributed by atoms with Gasteiger partial charge in [-0.05, 0) is 17.7 Å². The number of hydrogen-bond donors (Lipinski definition) is 0. The van der Waals surface area contributed by atoms with Crippen molar-refractivity contribution >= 4 is 16.3 Å². The van der Waals surface area contributed by atoms with Crippen molar-refractivity contribution in [3.05, 3.63) is 77.2 Å². The summed E-state index contributed by atoms with van der Waals surface area (Å²) in [6.07, 6.45) is 2.11. The molecule has 3 heterocycles. The standard InChI is InChI=1S/C24H25FN4OS/c1-30-22-8-7-18(15-20(22)25)16-27-9-11-28(12-10-27)17-21-23(19-5-3-2-4-6-19)26-24-29(21)13-14-31-24/h2-8,13-15H,9-12,16-17H2,1H3. The normalized spacial score (nSPS) is 15.5. The maximum absolute atomic E-state index is 14.0. The van der Waals surface area contributed by atoms with E-state index in [0.717, 1.165) is 61.1 Å². The number of hydrogen-bond acceptors (Lipinski definition) is 5. The van der Waals surface area contributed by atoms with Crippen molar-refractivity contribution in [2.45, 2.75) is 13.1 Å². The van der Waals surface area contributed by atoms with Crippen molar-refractivity contribution in [1.29, 1.82) is 0 Å². The zero-order valence-electron chi connectivity index (χ0n) is 17.5. The number of ether oxygens (including phenoxy) is 1. The summed E-state index contributed by atoms with van der Waals surface area (Å²) in [5.74, 6) is -0.00377. The number of fused-ring (bicyclic) bond motifs is 1. The molecule has 0 amide bonds. The highest BCUT2D eigenvalue weighted by molar-refractivity contribution is 7.15. The van der Waals surface area contributed by atoms with Gasteiger partial charge in [-0.15, -0.1) is 11.3 Å². The van der Waals surface area contributed by atoms with Crippen LogP contribution in [0, 0.1) is 5.82 Å². The summed E-state index contributed by atoms with van der Waals surface area (Å²) in [5.41, 5.74) is 4.46. The Hall–Kier alpha value is -2.74.